The van der Waals surface area contributed by atoms with Gasteiger partial charge in [-0.3, -0.25) is 4.68 Å². The summed E-state index contributed by atoms with van der Waals surface area (Å²) in [5.41, 5.74) is 5.56. The van der Waals surface area contributed by atoms with Gasteiger partial charge in [0.2, 0.25) is 0 Å². The number of fused-ring (bicyclic) bond motifs is 1. The van der Waals surface area contributed by atoms with Gasteiger partial charge < -0.3 is 10.3 Å². The molecule has 4 heterocycles. The van der Waals surface area contributed by atoms with Gasteiger partial charge >= 0.3 is 0 Å². The van der Waals surface area contributed by atoms with E-state index < -0.39 is 0 Å². The molecule has 9 nitrogen and oxygen atoms in total. The summed E-state index contributed by atoms with van der Waals surface area (Å²) in [6, 6.07) is 15.3. The van der Waals surface area contributed by atoms with Crippen LogP contribution in [0.2, 0.25) is 0 Å². The number of benzene rings is 1. The number of pyridine rings is 1. The van der Waals surface area contributed by atoms with Crippen molar-refractivity contribution in [3.63, 3.8) is 0 Å². The minimum Gasteiger partial charge on any atom is -0.378 e. The Morgan fingerprint density at radius 2 is 2.13 bits per heavy atom. The molecule has 0 fully saturated rings. The maximum Gasteiger partial charge on any atom is 0.155 e. The summed E-state index contributed by atoms with van der Waals surface area (Å²) >= 11 is 0. The number of rotatable bonds is 5. The van der Waals surface area contributed by atoms with E-state index in [1.807, 2.05) is 55.8 Å². The van der Waals surface area contributed by atoms with Crippen LogP contribution in [0.4, 0.5) is 5.69 Å². The van der Waals surface area contributed by atoms with Crippen LogP contribution in [0.25, 0.3) is 28.3 Å². The molecule has 5 aromatic rings. The van der Waals surface area contributed by atoms with Gasteiger partial charge in [-0.2, -0.15) is 15.5 Å². The number of H-pyrrole nitrogens is 1. The molecule has 5 rings (SSSR count). The number of hydrogen-bond acceptors (Lipinski definition) is 6. The first-order valence-corrected chi connectivity index (χ1v) is 9.32. The normalized spacial score (nSPS) is 10.9. The quantitative estimate of drug-likeness (QED) is 0.473. The van der Waals surface area contributed by atoms with Crippen LogP contribution in [0, 0.1) is 11.3 Å². The van der Waals surface area contributed by atoms with Crippen molar-refractivity contribution in [2.24, 2.45) is 7.05 Å². The number of nitriles is 1. The second-order valence-electron chi connectivity index (χ2n) is 6.81. The molecule has 0 aliphatic carbocycles. The molecule has 0 amide bonds. The van der Waals surface area contributed by atoms with Crippen LogP contribution in [0.5, 0.6) is 0 Å². The van der Waals surface area contributed by atoms with Gasteiger partial charge in [0.1, 0.15) is 23.5 Å². The Labute approximate surface area is 171 Å². The molecule has 0 aliphatic heterocycles. The highest BCUT2D eigenvalue weighted by Crippen LogP contribution is 2.29. The monoisotopic (exact) mass is 395 g/mol. The Kier molecular flexibility index (Phi) is 4.22. The van der Waals surface area contributed by atoms with E-state index in [4.69, 9.17) is 10.2 Å². The molecular formula is C21H17N9. The van der Waals surface area contributed by atoms with E-state index in [1.165, 1.54) is 6.33 Å². The van der Waals surface area contributed by atoms with Gasteiger partial charge in [-0.05, 0) is 36.4 Å². The van der Waals surface area contributed by atoms with Crippen LogP contribution in [-0.4, -0.2) is 34.3 Å². The highest BCUT2D eigenvalue weighted by atomic mass is 15.3. The number of anilines is 1. The van der Waals surface area contributed by atoms with Crippen LogP contribution in [0.3, 0.4) is 0 Å². The van der Waals surface area contributed by atoms with Crippen molar-refractivity contribution < 1.29 is 0 Å². The summed E-state index contributed by atoms with van der Waals surface area (Å²) in [5.74, 6) is 0.756. The lowest BCUT2D eigenvalue weighted by atomic mass is 10.1. The summed E-state index contributed by atoms with van der Waals surface area (Å²) in [6.45, 7) is 0.473. The van der Waals surface area contributed by atoms with Crippen molar-refractivity contribution in [3.8, 4) is 28.7 Å². The minimum absolute atomic E-state index is 0.473. The molecular weight excluding hydrogens is 378 g/mol. The number of aryl methyl sites for hydroxylation is 1. The smallest absolute Gasteiger partial charge is 0.155 e. The summed E-state index contributed by atoms with van der Waals surface area (Å²) in [4.78, 5) is 12.4. The standard InChI is InChI=1S/C21H17N9/c1-29-8-7-17(28-29)21-20(15-5-6-19-24-13-25-30(19)12-15)26-18(27-21)11-23-16-4-2-3-14(9-16)10-22/h2-9,12-13,23H,11H2,1H3,(H,26,27). The third-order valence-corrected chi connectivity index (χ3v) is 4.72. The molecule has 0 aliphatic rings. The fourth-order valence-corrected chi connectivity index (χ4v) is 3.29. The zero-order valence-electron chi connectivity index (χ0n) is 16.1. The van der Waals surface area contributed by atoms with Crippen LogP contribution in [0.15, 0.2) is 61.2 Å². The van der Waals surface area contributed by atoms with E-state index in [-0.39, 0.29) is 0 Å². The van der Waals surface area contributed by atoms with Crippen molar-refractivity contribution in [3.05, 3.63) is 72.6 Å². The average Bonchev–Trinajstić information content (AvgIpc) is 3.51. The number of aromatic nitrogens is 7. The van der Waals surface area contributed by atoms with Crippen LogP contribution >= 0.6 is 0 Å². The number of nitrogens with one attached hydrogen (secondary N) is 2. The first-order valence-electron chi connectivity index (χ1n) is 9.32. The molecule has 0 radical (unpaired) electrons. The van der Waals surface area contributed by atoms with Gasteiger partial charge in [-0.1, -0.05) is 6.07 Å². The number of aromatic amines is 1. The van der Waals surface area contributed by atoms with E-state index in [2.05, 4.69) is 31.6 Å². The lowest BCUT2D eigenvalue weighted by Crippen LogP contribution is -2.01. The SMILES string of the molecule is Cn1ccc(-c2nc(CNc3cccc(C#N)c3)[nH]c2-c2ccc3ncnn3c2)n1. The third kappa shape index (κ3) is 3.27. The second-order valence-corrected chi connectivity index (χ2v) is 6.81. The van der Waals surface area contributed by atoms with Crippen molar-refractivity contribution in [1.82, 2.24) is 34.3 Å². The van der Waals surface area contributed by atoms with Gasteiger partial charge in [0.25, 0.3) is 0 Å². The summed E-state index contributed by atoms with van der Waals surface area (Å²) < 4.78 is 3.48. The number of imidazole rings is 1. The molecule has 0 bridgehead atoms. The van der Waals surface area contributed by atoms with Gasteiger partial charge in [-0.25, -0.2) is 14.5 Å². The van der Waals surface area contributed by atoms with E-state index in [9.17, 15) is 0 Å². The fourth-order valence-electron chi connectivity index (χ4n) is 3.29. The first-order chi connectivity index (χ1) is 14.7. The summed E-state index contributed by atoms with van der Waals surface area (Å²) in [6.07, 6.45) is 5.33. The fraction of sp³-hybridized carbons (Fsp3) is 0.0952. The molecule has 0 saturated heterocycles. The first kappa shape index (κ1) is 17.6. The molecule has 1 aromatic carbocycles. The predicted molar refractivity (Wildman–Crippen MR) is 111 cm³/mol. The lowest BCUT2D eigenvalue weighted by molar-refractivity contribution is 0.770. The Bertz CT molecular complexity index is 1380. The average molecular weight is 395 g/mol. The Morgan fingerprint density at radius 3 is 2.97 bits per heavy atom. The second kappa shape index (κ2) is 7.18. The maximum absolute atomic E-state index is 9.08. The molecule has 0 saturated carbocycles. The molecule has 146 valence electrons. The number of nitrogens with zero attached hydrogens (tertiary/aromatic N) is 7. The van der Waals surface area contributed by atoms with Crippen molar-refractivity contribution in [2.75, 3.05) is 5.32 Å². The third-order valence-electron chi connectivity index (χ3n) is 4.72. The van der Waals surface area contributed by atoms with Crippen LogP contribution < -0.4 is 5.32 Å². The zero-order valence-corrected chi connectivity index (χ0v) is 16.1. The van der Waals surface area contributed by atoms with Gasteiger partial charge in [0.05, 0.1) is 23.9 Å². The summed E-state index contributed by atoms with van der Waals surface area (Å²) in [7, 11) is 1.88. The van der Waals surface area contributed by atoms with E-state index in [0.717, 1.165) is 39.8 Å². The Hall–Kier alpha value is -4.45. The van der Waals surface area contributed by atoms with E-state index in [0.29, 0.717) is 12.1 Å². The molecule has 2 N–H and O–H groups in total. The molecule has 4 aromatic heterocycles. The number of hydrogen-bond donors (Lipinski definition) is 2. The molecule has 0 atom stereocenters. The Morgan fingerprint density at radius 1 is 1.20 bits per heavy atom. The predicted octanol–water partition coefficient (Wildman–Crippen LogP) is 3.00. The molecule has 0 unspecified atom stereocenters. The van der Waals surface area contributed by atoms with Gasteiger partial charge in [0, 0.05) is 30.7 Å². The maximum atomic E-state index is 9.08. The van der Waals surface area contributed by atoms with Crippen molar-refractivity contribution in [1.29, 1.82) is 5.26 Å². The van der Waals surface area contributed by atoms with E-state index in [1.54, 1.807) is 15.3 Å². The highest BCUT2D eigenvalue weighted by molar-refractivity contribution is 5.76. The molecule has 9 heteroatoms. The Balaban J connectivity index is 1.52. The minimum atomic E-state index is 0.473. The molecule has 30 heavy (non-hydrogen) atoms. The summed E-state index contributed by atoms with van der Waals surface area (Å²) in [5, 5.41) is 21.1. The van der Waals surface area contributed by atoms with Crippen molar-refractivity contribution in [2.45, 2.75) is 6.54 Å². The zero-order chi connectivity index (χ0) is 20.5. The van der Waals surface area contributed by atoms with Gasteiger partial charge in [-0.15, -0.1) is 0 Å². The van der Waals surface area contributed by atoms with E-state index >= 15 is 0 Å². The van der Waals surface area contributed by atoms with Crippen molar-refractivity contribution >= 4 is 11.3 Å². The lowest BCUT2D eigenvalue weighted by Gasteiger charge is -2.04. The topological polar surface area (TPSA) is 113 Å². The molecule has 0 spiro atoms. The highest BCUT2D eigenvalue weighted by Gasteiger charge is 2.17. The van der Waals surface area contributed by atoms with Gasteiger partial charge in [0.15, 0.2) is 5.65 Å². The van der Waals surface area contributed by atoms with Crippen LogP contribution in [0.1, 0.15) is 11.4 Å². The largest absolute Gasteiger partial charge is 0.378 e. The van der Waals surface area contributed by atoms with Crippen LogP contribution in [-0.2, 0) is 13.6 Å².